The number of rotatable bonds is 5. The van der Waals surface area contributed by atoms with Gasteiger partial charge in [-0.3, -0.25) is 19.7 Å². The number of benzene rings is 1. The second-order valence-corrected chi connectivity index (χ2v) is 6.84. The van der Waals surface area contributed by atoms with Gasteiger partial charge in [0.05, 0.1) is 23.5 Å². The third kappa shape index (κ3) is 3.47. The quantitative estimate of drug-likeness (QED) is 0.707. The number of nitrogens with one attached hydrogen (secondary N) is 1. The molecule has 0 saturated heterocycles. The van der Waals surface area contributed by atoms with Crippen LogP contribution in [0.4, 0.5) is 5.13 Å². The summed E-state index contributed by atoms with van der Waals surface area (Å²) >= 11 is 1.19. The van der Waals surface area contributed by atoms with Crippen LogP contribution < -0.4 is 16.6 Å². The van der Waals surface area contributed by atoms with Gasteiger partial charge in [-0.1, -0.05) is 18.2 Å². The number of thiazole rings is 1. The van der Waals surface area contributed by atoms with Crippen molar-refractivity contribution in [1.29, 1.82) is 0 Å². The highest BCUT2D eigenvalue weighted by molar-refractivity contribution is 7.14. The van der Waals surface area contributed by atoms with E-state index in [9.17, 15) is 14.4 Å². The van der Waals surface area contributed by atoms with Crippen LogP contribution in [0.25, 0.3) is 10.8 Å². The van der Waals surface area contributed by atoms with Gasteiger partial charge in [-0.05, 0) is 19.9 Å². The monoisotopic (exact) mass is 371 g/mol. The number of hydrogen-bond acceptors (Lipinski definition) is 6. The number of anilines is 1. The molecule has 0 fully saturated rings. The van der Waals surface area contributed by atoms with Crippen LogP contribution in [0, 0.1) is 0 Å². The number of nitrogens with two attached hydrogens (primary N) is 1. The molecule has 3 rings (SSSR count). The van der Waals surface area contributed by atoms with Gasteiger partial charge in [0.2, 0.25) is 5.91 Å². The number of primary amides is 1. The van der Waals surface area contributed by atoms with Crippen LogP contribution in [0.5, 0.6) is 0 Å². The molecule has 3 aromatic rings. The van der Waals surface area contributed by atoms with E-state index < -0.39 is 11.8 Å². The van der Waals surface area contributed by atoms with E-state index in [1.54, 1.807) is 29.6 Å². The Morgan fingerprint density at radius 3 is 2.62 bits per heavy atom. The van der Waals surface area contributed by atoms with Crippen molar-refractivity contribution >= 4 is 39.1 Å². The molecule has 8 nitrogen and oxygen atoms in total. The second-order valence-electron chi connectivity index (χ2n) is 5.98. The molecule has 2 amide bonds. The molecule has 0 aliphatic rings. The van der Waals surface area contributed by atoms with Crippen molar-refractivity contribution in [3.8, 4) is 0 Å². The SMILES string of the molecule is CC(C)n1nc(C(=O)Nc2nc(CC(N)=O)cs2)c2ccccc2c1=O. The summed E-state index contributed by atoms with van der Waals surface area (Å²) in [6.07, 6.45) is 0.00573. The molecule has 26 heavy (non-hydrogen) atoms. The van der Waals surface area contributed by atoms with Crippen molar-refractivity contribution in [2.75, 3.05) is 5.32 Å². The summed E-state index contributed by atoms with van der Waals surface area (Å²) in [5, 5.41) is 9.80. The van der Waals surface area contributed by atoms with Crippen LogP contribution in [0.15, 0.2) is 34.4 Å². The number of amides is 2. The van der Waals surface area contributed by atoms with E-state index in [0.29, 0.717) is 21.6 Å². The summed E-state index contributed by atoms with van der Waals surface area (Å²) in [4.78, 5) is 40.4. The average Bonchev–Trinajstić information content (AvgIpc) is 3.01. The maximum Gasteiger partial charge on any atom is 0.278 e. The van der Waals surface area contributed by atoms with E-state index in [2.05, 4.69) is 15.4 Å². The van der Waals surface area contributed by atoms with Crippen molar-refractivity contribution in [3.05, 3.63) is 51.4 Å². The first-order valence-electron chi connectivity index (χ1n) is 7.92. The predicted molar refractivity (Wildman–Crippen MR) is 99.4 cm³/mol. The van der Waals surface area contributed by atoms with E-state index in [1.165, 1.54) is 16.0 Å². The molecule has 0 bridgehead atoms. The molecule has 0 saturated carbocycles. The highest BCUT2D eigenvalue weighted by atomic mass is 32.1. The fraction of sp³-hybridized carbons (Fsp3) is 0.235. The zero-order chi connectivity index (χ0) is 18.8. The van der Waals surface area contributed by atoms with E-state index in [1.807, 2.05) is 13.8 Å². The van der Waals surface area contributed by atoms with E-state index in [0.717, 1.165) is 0 Å². The molecule has 0 atom stereocenters. The van der Waals surface area contributed by atoms with Gasteiger partial charge in [-0.15, -0.1) is 11.3 Å². The zero-order valence-electron chi connectivity index (χ0n) is 14.2. The molecule has 0 spiro atoms. The standard InChI is InChI=1S/C17H17N5O3S/c1-9(2)22-16(25)12-6-4-3-5-11(12)14(21-22)15(24)20-17-19-10(8-26-17)7-13(18)23/h3-6,8-9H,7H2,1-2H3,(H2,18,23)(H,19,20,24). The third-order valence-corrected chi connectivity index (χ3v) is 4.47. The number of nitrogens with zero attached hydrogens (tertiary/aromatic N) is 3. The predicted octanol–water partition coefficient (Wildman–Crippen LogP) is 1.71. The summed E-state index contributed by atoms with van der Waals surface area (Å²) < 4.78 is 1.29. The van der Waals surface area contributed by atoms with Gasteiger partial charge in [0.25, 0.3) is 11.5 Å². The van der Waals surface area contributed by atoms with Crippen LogP contribution in [-0.4, -0.2) is 26.6 Å². The van der Waals surface area contributed by atoms with E-state index >= 15 is 0 Å². The normalized spacial score (nSPS) is 11.0. The van der Waals surface area contributed by atoms with Crippen molar-refractivity contribution in [2.45, 2.75) is 26.3 Å². The fourth-order valence-corrected chi connectivity index (χ4v) is 3.21. The fourth-order valence-electron chi connectivity index (χ4n) is 2.50. The number of hydrogen-bond donors (Lipinski definition) is 2. The van der Waals surface area contributed by atoms with Gasteiger partial charge < -0.3 is 5.73 Å². The Labute approximate surface area is 152 Å². The topological polar surface area (TPSA) is 120 Å². The Hall–Kier alpha value is -3.07. The van der Waals surface area contributed by atoms with Gasteiger partial charge in [-0.2, -0.15) is 5.10 Å². The lowest BCUT2D eigenvalue weighted by Gasteiger charge is -2.12. The van der Waals surface area contributed by atoms with Crippen LogP contribution >= 0.6 is 11.3 Å². The molecule has 0 radical (unpaired) electrons. The summed E-state index contributed by atoms with van der Waals surface area (Å²) in [5.41, 5.74) is 5.53. The second kappa shape index (κ2) is 7.04. The molecule has 0 aliphatic carbocycles. The molecule has 0 aliphatic heterocycles. The first-order valence-corrected chi connectivity index (χ1v) is 8.80. The number of carbonyl (C=O) groups excluding carboxylic acids is 2. The van der Waals surface area contributed by atoms with Crippen LogP contribution in [0.1, 0.15) is 36.1 Å². The Morgan fingerprint density at radius 2 is 1.96 bits per heavy atom. The molecule has 2 aromatic heterocycles. The maximum atomic E-state index is 12.7. The first-order chi connectivity index (χ1) is 12.4. The van der Waals surface area contributed by atoms with Gasteiger partial charge in [0.15, 0.2) is 10.8 Å². The summed E-state index contributed by atoms with van der Waals surface area (Å²) in [7, 11) is 0. The minimum absolute atomic E-state index is 0.00573. The molecule has 0 unspecified atom stereocenters. The van der Waals surface area contributed by atoms with Crippen molar-refractivity contribution in [2.24, 2.45) is 5.73 Å². The number of carbonyl (C=O) groups is 2. The highest BCUT2D eigenvalue weighted by Gasteiger charge is 2.19. The Kier molecular flexibility index (Phi) is 4.81. The van der Waals surface area contributed by atoms with Gasteiger partial charge in [-0.25, -0.2) is 9.67 Å². The van der Waals surface area contributed by atoms with E-state index in [-0.39, 0.29) is 23.7 Å². The van der Waals surface area contributed by atoms with Crippen LogP contribution in [0.2, 0.25) is 0 Å². The molecule has 1 aromatic carbocycles. The molecular formula is C17H17N5O3S. The van der Waals surface area contributed by atoms with Crippen LogP contribution in [-0.2, 0) is 11.2 Å². The smallest absolute Gasteiger partial charge is 0.278 e. The zero-order valence-corrected chi connectivity index (χ0v) is 15.0. The lowest BCUT2D eigenvalue weighted by molar-refractivity contribution is -0.117. The van der Waals surface area contributed by atoms with E-state index in [4.69, 9.17) is 5.73 Å². The van der Waals surface area contributed by atoms with Crippen molar-refractivity contribution in [1.82, 2.24) is 14.8 Å². The minimum atomic E-state index is -0.496. The molecule has 134 valence electrons. The summed E-state index contributed by atoms with van der Waals surface area (Å²) in [6, 6.07) is 6.65. The van der Waals surface area contributed by atoms with Gasteiger partial charge >= 0.3 is 0 Å². The number of fused-ring (bicyclic) bond motifs is 1. The highest BCUT2D eigenvalue weighted by Crippen LogP contribution is 2.19. The number of aromatic nitrogens is 3. The average molecular weight is 371 g/mol. The minimum Gasteiger partial charge on any atom is -0.369 e. The van der Waals surface area contributed by atoms with Gasteiger partial charge in [0.1, 0.15) is 0 Å². The molecule has 9 heteroatoms. The lowest BCUT2D eigenvalue weighted by Crippen LogP contribution is -2.28. The Balaban J connectivity index is 2.00. The molecule has 2 heterocycles. The maximum absolute atomic E-state index is 12.7. The Bertz CT molecular complexity index is 1050. The molecule has 3 N–H and O–H groups in total. The Morgan fingerprint density at radius 1 is 1.27 bits per heavy atom. The molecular weight excluding hydrogens is 354 g/mol. The summed E-state index contributed by atoms with van der Waals surface area (Å²) in [5.74, 6) is -0.972. The summed E-state index contributed by atoms with van der Waals surface area (Å²) in [6.45, 7) is 3.64. The van der Waals surface area contributed by atoms with Crippen molar-refractivity contribution in [3.63, 3.8) is 0 Å². The lowest BCUT2D eigenvalue weighted by atomic mass is 10.1. The third-order valence-electron chi connectivity index (χ3n) is 3.66. The van der Waals surface area contributed by atoms with Gasteiger partial charge in [0, 0.05) is 10.8 Å². The largest absolute Gasteiger partial charge is 0.369 e. The van der Waals surface area contributed by atoms with Crippen LogP contribution in [0.3, 0.4) is 0 Å². The first kappa shape index (κ1) is 17.7. The van der Waals surface area contributed by atoms with Crippen molar-refractivity contribution < 1.29 is 9.59 Å².